The van der Waals surface area contributed by atoms with Gasteiger partial charge in [0.1, 0.15) is 11.4 Å². The molecule has 1 aromatic heterocycles. The van der Waals surface area contributed by atoms with Crippen molar-refractivity contribution in [2.24, 2.45) is 0 Å². The Bertz CT molecular complexity index is 999. The second kappa shape index (κ2) is 9.65. The van der Waals surface area contributed by atoms with Crippen LogP contribution in [0, 0.1) is 0 Å². The van der Waals surface area contributed by atoms with Crippen molar-refractivity contribution in [2.45, 2.75) is 129 Å². The summed E-state index contributed by atoms with van der Waals surface area (Å²) in [6, 6.07) is 2.13. The molecule has 0 spiro atoms. The fourth-order valence-corrected chi connectivity index (χ4v) is 5.57. The molecule has 3 heterocycles. The molecule has 1 fully saturated rings. The molecule has 0 N–H and O–H groups in total. The summed E-state index contributed by atoms with van der Waals surface area (Å²) in [6.07, 6.45) is 3.03. The summed E-state index contributed by atoms with van der Waals surface area (Å²) in [6.45, 7) is 28.5. The fraction of sp³-hybridized carbons (Fsp3) is 0.786. The van der Waals surface area contributed by atoms with E-state index >= 15 is 0 Å². The number of amides is 1. The first-order valence-corrected chi connectivity index (χ1v) is 16.6. The third kappa shape index (κ3) is 5.95. The van der Waals surface area contributed by atoms with E-state index in [0.29, 0.717) is 19.0 Å². The standard InChI is InChI=1S/C28H49BN2O5Si/c1-14-28(15-16-33-37(12,13)25(5,6)7)19-31(23(32)34-24(2,3)4)22-21(28)17-20(18-30-22)29-35-26(8,9)27(10,11)36-29/h17-18H,14-16,19H2,1-13H3. The van der Waals surface area contributed by atoms with Gasteiger partial charge in [-0.3, -0.25) is 4.90 Å². The van der Waals surface area contributed by atoms with Gasteiger partial charge in [-0.25, -0.2) is 9.78 Å². The Balaban J connectivity index is 1.99. The molecule has 1 aromatic rings. The van der Waals surface area contributed by atoms with Gasteiger partial charge in [0.15, 0.2) is 8.32 Å². The molecule has 0 bridgehead atoms. The van der Waals surface area contributed by atoms with Crippen LogP contribution in [0.15, 0.2) is 12.3 Å². The van der Waals surface area contributed by atoms with E-state index in [2.05, 4.69) is 46.9 Å². The van der Waals surface area contributed by atoms with Crippen molar-refractivity contribution in [3.8, 4) is 0 Å². The number of nitrogens with zero attached hydrogens (tertiary/aromatic N) is 2. The highest BCUT2D eigenvalue weighted by molar-refractivity contribution is 6.74. The molecule has 37 heavy (non-hydrogen) atoms. The van der Waals surface area contributed by atoms with Crippen LogP contribution in [-0.2, 0) is 23.9 Å². The Labute approximate surface area is 226 Å². The van der Waals surface area contributed by atoms with Crippen LogP contribution in [0.3, 0.4) is 0 Å². The SMILES string of the molecule is CCC1(CCO[Si](C)(C)C(C)(C)C)CN(C(=O)OC(C)(C)C)c2ncc(B3OC(C)(C)C(C)(C)O3)cc21. The molecule has 9 heteroatoms. The summed E-state index contributed by atoms with van der Waals surface area (Å²) < 4.78 is 25.0. The Morgan fingerprint density at radius 2 is 1.68 bits per heavy atom. The fourth-order valence-electron chi connectivity index (χ4n) is 4.53. The first-order chi connectivity index (χ1) is 16.6. The minimum atomic E-state index is -1.91. The maximum absolute atomic E-state index is 13.3. The summed E-state index contributed by atoms with van der Waals surface area (Å²) in [5.74, 6) is 0.656. The lowest BCUT2D eigenvalue weighted by Crippen LogP contribution is -2.43. The molecule has 1 unspecified atom stereocenters. The molecule has 0 aromatic carbocycles. The first kappa shape index (κ1) is 30.1. The Morgan fingerprint density at radius 3 is 2.16 bits per heavy atom. The molecular weight excluding hydrogens is 483 g/mol. The number of ether oxygens (including phenoxy) is 1. The van der Waals surface area contributed by atoms with E-state index in [1.54, 1.807) is 11.1 Å². The van der Waals surface area contributed by atoms with Crippen LogP contribution in [-0.4, -0.2) is 56.5 Å². The molecule has 2 aliphatic heterocycles. The van der Waals surface area contributed by atoms with E-state index in [1.165, 1.54) is 0 Å². The molecule has 208 valence electrons. The lowest BCUT2D eigenvalue weighted by molar-refractivity contribution is 0.00578. The van der Waals surface area contributed by atoms with Crippen molar-refractivity contribution in [1.82, 2.24) is 4.98 Å². The highest BCUT2D eigenvalue weighted by Crippen LogP contribution is 2.46. The van der Waals surface area contributed by atoms with Gasteiger partial charge in [-0.2, -0.15) is 0 Å². The molecule has 1 saturated heterocycles. The molecule has 2 aliphatic rings. The van der Waals surface area contributed by atoms with Crippen LogP contribution in [0.1, 0.15) is 94.6 Å². The molecule has 0 saturated carbocycles. The number of carbonyl (C=O) groups is 1. The zero-order chi connectivity index (χ0) is 28.2. The van der Waals surface area contributed by atoms with Gasteiger partial charge in [0, 0.05) is 35.8 Å². The smallest absolute Gasteiger partial charge is 0.443 e. The van der Waals surface area contributed by atoms with Crippen molar-refractivity contribution in [2.75, 3.05) is 18.1 Å². The van der Waals surface area contributed by atoms with Gasteiger partial charge in [0.05, 0.1) is 11.2 Å². The molecule has 7 nitrogen and oxygen atoms in total. The summed E-state index contributed by atoms with van der Waals surface area (Å²) >= 11 is 0. The number of hydrogen-bond acceptors (Lipinski definition) is 6. The van der Waals surface area contributed by atoms with Gasteiger partial charge < -0.3 is 18.5 Å². The normalized spacial score (nSPS) is 23.4. The van der Waals surface area contributed by atoms with E-state index in [-0.39, 0.29) is 16.5 Å². The van der Waals surface area contributed by atoms with E-state index in [1.807, 2.05) is 48.5 Å². The van der Waals surface area contributed by atoms with E-state index in [4.69, 9.17) is 23.5 Å². The van der Waals surface area contributed by atoms with E-state index < -0.39 is 32.2 Å². The van der Waals surface area contributed by atoms with Crippen LogP contribution in [0.25, 0.3) is 0 Å². The zero-order valence-corrected chi connectivity index (χ0v) is 26.5. The predicted octanol–water partition coefficient (Wildman–Crippen LogP) is 6.20. The van der Waals surface area contributed by atoms with Crippen LogP contribution >= 0.6 is 0 Å². The quantitative estimate of drug-likeness (QED) is 0.407. The van der Waals surface area contributed by atoms with Crippen LogP contribution < -0.4 is 10.4 Å². The Kier molecular flexibility index (Phi) is 7.86. The second-order valence-corrected chi connectivity index (χ2v) is 19.1. The van der Waals surface area contributed by atoms with Gasteiger partial charge in [-0.1, -0.05) is 33.8 Å². The summed E-state index contributed by atoms with van der Waals surface area (Å²) in [5.41, 5.74) is 0.110. The minimum Gasteiger partial charge on any atom is -0.443 e. The molecule has 1 atom stereocenters. The van der Waals surface area contributed by atoms with Gasteiger partial charge in [-0.15, -0.1) is 0 Å². The average molecular weight is 533 g/mol. The van der Waals surface area contributed by atoms with Crippen molar-refractivity contribution >= 4 is 32.8 Å². The van der Waals surface area contributed by atoms with Crippen molar-refractivity contribution in [3.63, 3.8) is 0 Å². The Morgan fingerprint density at radius 1 is 1.11 bits per heavy atom. The molecule has 3 rings (SSSR count). The number of carbonyl (C=O) groups excluding carboxylic acids is 1. The second-order valence-electron chi connectivity index (χ2n) is 14.3. The van der Waals surface area contributed by atoms with Crippen molar-refractivity contribution < 1.29 is 23.3 Å². The molecule has 0 aliphatic carbocycles. The number of hydrogen-bond donors (Lipinski definition) is 0. The number of fused-ring (bicyclic) bond motifs is 1. The third-order valence-corrected chi connectivity index (χ3v) is 13.4. The van der Waals surface area contributed by atoms with Gasteiger partial charge in [0.2, 0.25) is 0 Å². The monoisotopic (exact) mass is 532 g/mol. The lowest BCUT2D eigenvalue weighted by Gasteiger charge is -2.38. The third-order valence-electron chi connectivity index (χ3n) is 8.84. The lowest BCUT2D eigenvalue weighted by atomic mass is 9.73. The number of anilines is 1. The summed E-state index contributed by atoms with van der Waals surface area (Å²) in [7, 11) is -2.43. The number of aromatic nitrogens is 1. The number of rotatable bonds is 6. The maximum atomic E-state index is 13.3. The maximum Gasteiger partial charge on any atom is 0.496 e. The summed E-state index contributed by atoms with van der Waals surface area (Å²) in [5, 5.41) is 0.133. The van der Waals surface area contributed by atoms with E-state index in [9.17, 15) is 4.79 Å². The van der Waals surface area contributed by atoms with Crippen LogP contribution in [0.4, 0.5) is 10.6 Å². The largest absolute Gasteiger partial charge is 0.496 e. The average Bonchev–Trinajstić information content (AvgIpc) is 3.16. The topological polar surface area (TPSA) is 70.1 Å². The minimum absolute atomic E-state index is 0.133. The highest BCUT2D eigenvalue weighted by atomic mass is 28.4. The van der Waals surface area contributed by atoms with Gasteiger partial charge in [-0.05, 0) is 79.4 Å². The van der Waals surface area contributed by atoms with Crippen LogP contribution in [0.5, 0.6) is 0 Å². The molecule has 1 amide bonds. The van der Waals surface area contributed by atoms with E-state index in [0.717, 1.165) is 23.9 Å². The van der Waals surface area contributed by atoms with Crippen molar-refractivity contribution in [3.05, 3.63) is 17.8 Å². The summed E-state index contributed by atoms with van der Waals surface area (Å²) in [4.78, 5) is 19.8. The molecular formula is C28H49BN2O5Si. The first-order valence-electron chi connectivity index (χ1n) is 13.7. The van der Waals surface area contributed by atoms with Crippen molar-refractivity contribution in [1.29, 1.82) is 0 Å². The van der Waals surface area contributed by atoms with Crippen LogP contribution in [0.2, 0.25) is 18.1 Å². The van der Waals surface area contributed by atoms with Gasteiger partial charge in [0.25, 0.3) is 0 Å². The molecule has 0 radical (unpaired) electrons. The number of pyridine rings is 1. The zero-order valence-electron chi connectivity index (χ0n) is 25.5. The van der Waals surface area contributed by atoms with Gasteiger partial charge >= 0.3 is 13.2 Å². The predicted molar refractivity (Wildman–Crippen MR) is 153 cm³/mol. The Hall–Kier alpha value is -1.42. The highest BCUT2D eigenvalue weighted by Gasteiger charge is 2.53.